The van der Waals surface area contributed by atoms with E-state index in [1.165, 1.54) is 5.56 Å². The fourth-order valence-corrected chi connectivity index (χ4v) is 2.81. The predicted molar refractivity (Wildman–Crippen MR) is 76.4 cm³/mol. The van der Waals surface area contributed by atoms with E-state index in [0.717, 1.165) is 48.5 Å². The third-order valence-electron chi connectivity index (χ3n) is 3.86. The predicted octanol–water partition coefficient (Wildman–Crippen LogP) is 0.230. The molecule has 2 aliphatic rings. The number of fused-ring (bicyclic) bond motifs is 1. The molecule has 3 rings (SSSR count). The van der Waals surface area contributed by atoms with Gasteiger partial charge in [-0.25, -0.2) is 0 Å². The van der Waals surface area contributed by atoms with Crippen LogP contribution in [0.4, 0.5) is 0 Å². The van der Waals surface area contributed by atoms with E-state index in [1.807, 2.05) is 17.9 Å². The molecule has 0 saturated heterocycles. The third kappa shape index (κ3) is 2.21. The van der Waals surface area contributed by atoms with Gasteiger partial charge >= 0.3 is 0 Å². The van der Waals surface area contributed by atoms with Gasteiger partial charge in [-0.15, -0.1) is 0 Å². The number of aliphatic imine (C=N–C) groups is 1. The molecule has 0 atom stereocenters. The fraction of sp³-hybridized carbons (Fsp3) is 0.500. The van der Waals surface area contributed by atoms with Crippen molar-refractivity contribution in [1.29, 1.82) is 0 Å². The Morgan fingerprint density at radius 1 is 1.40 bits per heavy atom. The molecule has 2 N–H and O–H groups in total. The van der Waals surface area contributed by atoms with Crippen molar-refractivity contribution in [3.05, 3.63) is 28.7 Å². The summed E-state index contributed by atoms with van der Waals surface area (Å²) in [6.07, 6.45) is 5.64. The second-order valence-corrected chi connectivity index (χ2v) is 5.34. The summed E-state index contributed by atoms with van der Waals surface area (Å²) in [7, 11) is 1.92. The lowest BCUT2D eigenvalue weighted by Gasteiger charge is -2.26. The van der Waals surface area contributed by atoms with Crippen molar-refractivity contribution in [2.75, 3.05) is 19.6 Å². The molecule has 2 aliphatic heterocycles. The van der Waals surface area contributed by atoms with Crippen molar-refractivity contribution in [1.82, 2.24) is 14.7 Å². The highest BCUT2D eigenvalue weighted by Crippen LogP contribution is 2.23. The highest BCUT2D eigenvalue weighted by Gasteiger charge is 2.25. The summed E-state index contributed by atoms with van der Waals surface area (Å²) in [5, 5.41) is 4.54. The average molecular weight is 273 g/mol. The van der Waals surface area contributed by atoms with Crippen LogP contribution in [0.1, 0.15) is 24.1 Å². The van der Waals surface area contributed by atoms with Crippen molar-refractivity contribution in [3.63, 3.8) is 0 Å². The first-order valence-electron chi connectivity index (χ1n) is 6.93. The van der Waals surface area contributed by atoms with Crippen LogP contribution in [0.5, 0.6) is 0 Å². The smallest absolute Gasteiger partial charge is 0.210 e. The minimum Gasteiger partial charge on any atom is -0.402 e. The van der Waals surface area contributed by atoms with Crippen LogP contribution in [0, 0.1) is 0 Å². The largest absolute Gasteiger partial charge is 0.402 e. The van der Waals surface area contributed by atoms with E-state index >= 15 is 0 Å². The molecular formula is C14H19N5O. The summed E-state index contributed by atoms with van der Waals surface area (Å²) < 4.78 is 1.82. The van der Waals surface area contributed by atoms with E-state index in [2.05, 4.69) is 10.1 Å². The fourth-order valence-electron chi connectivity index (χ4n) is 2.81. The Hall–Kier alpha value is -2.11. The molecule has 0 bridgehead atoms. The molecule has 0 spiro atoms. The molecule has 0 aromatic carbocycles. The lowest BCUT2D eigenvalue weighted by molar-refractivity contribution is -0.117. The zero-order valence-electron chi connectivity index (χ0n) is 11.7. The molecule has 20 heavy (non-hydrogen) atoms. The van der Waals surface area contributed by atoms with Gasteiger partial charge in [0.2, 0.25) is 6.41 Å². The number of nitrogens with two attached hydrogens (primary N) is 1. The van der Waals surface area contributed by atoms with Gasteiger partial charge in [-0.2, -0.15) is 5.10 Å². The van der Waals surface area contributed by atoms with E-state index in [4.69, 9.17) is 5.73 Å². The van der Waals surface area contributed by atoms with E-state index in [1.54, 1.807) is 4.90 Å². The number of aryl methyl sites for hydroxylation is 2. The number of aromatic nitrogens is 2. The minimum absolute atomic E-state index is 0.532. The minimum atomic E-state index is 0.532. The highest BCUT2D eigenvalue weighted by molar-refractivity contribution is 6.13. The summed E-state index contributed by atoms with van der Waals surface area (Å²) in [5.41, 5.74) is 11.0. The lowest BCUT2D eigenvalue weighted by atomic mass is 9.98. The SMILES string of the molecule is Cn1cc2c(n1)C(C1=C(N)CCN(C=O)C1)=NCCC2. The molecule has 1 aromatic heterocycles. The second kappa shape index (κ2) is 5.11. The maximum Gasteiger partial charge on any atom is 0.210 e. The molecule has 0 fully saturated rings. The Morgan fingerprint density at radius 3 is 3.05 bits per heavy atom. The maximum absolute atomic E-state index is 11.0. The van der Waals surface area contributed by atoms with Gasteiger partial charge in [-0.3, -0.25) is 14.5 Å². The van der Waals surface area contributed by atoms with Crippen LogP contribution in [-0.4, -0.2) is 46.4 Å². The van der Waals surface area contributed by atoms with E-state index in [-0.39, 0.29) is 0 Å². The highest BCUT2D eigenvalue weighted by atomic mass is 16.1. The first-order chi connectivity index (χ1) is 9.69. The normalized spacial score (nSPS) is 19.4. The number of hydrogen-bond acceptors (Lipinski definition) is 4. The van der Waals surface area contributed by atoms with Crippen LogP contribution >= 0.6 is 0 Å². The van der Waals surface area contributed by atoms with Gasteiger partial charge < -0.3 is 10.6 Å². The van der Waals surface area contributed by atoms with Crippen LogP contribution in [0.15, 0.2) is 22.5 Å². The van der Waals surface area contributed by atoms with Gasteiger partial charge in [0.1, 0.15) is 5.69 Å². The molecule has 3 heterocycles. The number of rotatable bonds is 2. The van der Waals surface area contributed by atoms with Crippen LogP contribution in [-0.2, 0) is 18.3 Å². The van der Waals surface area contributed by atoms with Crippen LogP contribution < -0.4 is 5.73 Å². The Kier molecular flexibility index (Phi) is 3.30. The lowest BCUT2D eigenvalue weighted by Crippen LogP contribution is -2.35. The first-order valence-corrected chi connectivity index (χ1v) is 6.93. The zero-order chi connectivity index (χ0) is 14.1. The van der Waals surface area contributed by atoms with Gasteiger partial charge in [-0.1, -0.05) is 0 Å². The van der Waals surface area contributed by atoms with Gasteiger partial charge in [0.05, 0.1) is 5.71 Å². The van der Waals surface area contributed by atoms with Crippen molar-refractivity contribution in [3.8, 4) is 0 Å². The molecule has 1 aromatic rings. The molecule has 106 valence electrons. The molecular weight excluding hydrogens is 254 g/mol. The molecule has 0 unspecified atom stereocenters. The first kappa shape index (κ1) is 12.9. The number of amides is 1. The average Bonchev–Trinajstić information content (AvgIpc) is 2.70. The number of hydrogen-bond donors (Lipinski definition) is 1. The quantitative estimate of drug-likeness (QED) is 0.784. The van der Waals surface area contributed by atoms with Crippen molar-refractivity contribution in [2.24, 2.45) is 17.8 Å². The van der Waals surface area contributed by atoms with E-state index in [0.29, 0.717) is 19.5 Å². The van der Waals surface area contributed by atoms with Crippen LogP contribution in [0.2, 0.25) is 0 Å². The van der Waals surface area contributed by atoms with Gasteiger partial charge in [0.15, 0.2) is 0 Å². The Morgan fingerprint density at radius 2 is 2.25 bits per heavy atom. The summed E-state index contributed by atoms with van der Waals surface area (Å²) in [4.78, 5) is 17.4. The Balaban J connectivity index is 2.04. The van der Waals surface area contributed by atoms with Crippen molar-refractivity contribution < 1.29 is 4.79 Å². The van der Waals surface area contributed by atoms with Crippen molar-refractivity contribution >= 4 is 12.1 Å². The molecule has 1 amide bonds. The zero-order valence-corrected chi connectivity index (χ0v) is 11.7. The molecule has 0 saturated carbocycles. The summed E-state index contributed by atoms with van der Waals surface area (Å²) in [6.45, 7) is 2.00. The number of nitrogens with zero attached hydrogens (tertiary/aromatic N) is 4. The molecule has 6 heteroatoms. The maximum atomic E-state index is 11.0. The molecule has 0 radical (unpaired) electrons. The number of carbonyl (C=O) groups is 1. The van der Waals surface area contributed by atoms with E-state index in [9.17, 15) is 4.79 Å². The van der Waals surface area contributed by atoms with Gasteiger partial charge in [0.25, 0.3) is 0 Å². The summed E-state index contributed by atoms with van der Waals surface area (Å²) >= 11 is 0. The third-order valence-corrected chi connectivity index (χ3v) is 3.86. The summed E-state index contributed by atoms with van der Waals surface area (Å²) in [6, 6.07) is 0. The molecule has 6 nitrogen and oxygen atoms in total. The topological polar surface area (TPSA) is 76.5 Å². The monoisotopic (exact) mass is 273 g/mol. The van der Waals surface area contributed by atoms with Gasteiger partial charge in [0, 0.05) is 50.6 Å². The molecule has 0 aliphatic carbocycles. The second-order valence-electron chi connectivity index (χ2n) is 5.34. The van der Waals surface area contributed by atoms with E-state index < -0.39 is 0 Å². The van der Waals surface area contributed by atoms with Crippen molar-refractivity contribution in [2.45, 2.75) is 19.3 Å². The Labute approximate surface area is 118 Å². The Bertz CT molecular complexity index is 599. The van der Waals surface area contributed by atoms with Gasteiger partial charge in [-0.05, 0) is 18.4 Å². The summed E-state index contributed by atoms with van der Waals surface area (Å²) in [5.74, 6) is 0. The standard InChI is InChI=1S/C14H19N5O/c1-18-7-10-3-2-5-16-14(13(10)17-18)11-8-19(9-20)6-4-12(11)15/h7,9H,2-6,8,15H2,1H3. The van der Waals surface area contributed by atoms with Crippen LogP contribution in [0.25, 0.3) is 0 Å². The number of carbonyl (C=O) groups excluding carboxylic acids is 1. The van der Waals surface area contributed by atoms with Crippen LogP contribution in [0.3, 0.4) is 0 Å².